The zero-order valence-electron chi connectivity index (χ0n) is 12.3. The number of hydrogen-bond donors (Lipinski definition) is 0. The second kappa shape index (κ2) is 6.16. The Labute approximate surface area is 132 Å². The molecule has 1 heterocycles. The number of rotatable bonds is 3. The van der Waals surface area contributed by atoms with E-state index in [0.29, 0.717) is 12.1 Å². The van der Waals surface area contributed by atoms with Crippen molar-refractivity contribution in [2.24, 2.45) is 0 Å². The van der Waals surface area contributed by atoms with Crippen molar-refractivity contribution < 1.29 is 14.1 Å². The molecule has 1 atom stereocenters. The Morgan fingerprint density at radius 2 is 1.78 bits per heavy atom. The van der Waals surface area contributed by atoms with Crippen LogP contribution in [0.15, 0.2) is 48.5 Å². The van der Waals surface area contributed by atoms with Crippen molar-refractivity contribution >= 4 is 11.6 Å². The Kier molecular flexibility index (Phi) is 4.06. The zero-order chi connectivity index (χ0) is 16.4. The van der Waals surface area contributed by atoms with E-state index in [1.54, 1.807) is 17.0 Å². The van der Waals surface area contributed by atoms with Gasteiger partial charge in [0.1, 0.15) is 5.82 Å². The van der Waals surface area contributed by atoms with Crippen molar-refractivity contribution in [3.05, 3.63) is 75.6 Å². The van der Waals surface area contributed by atoms with E-state index >= 15 is 0 Å². The lowest BCUT2D eigenvalue weighted by molar-refractivity contribution is -0.384. The molecule has 3 rings (SSSR count). The molecular weight excluding hydrogens is 299 g/mol. The number of carbonyl (C=O) groups is 1. The van der Waals surface area contributed by atoms with Crippen LogP contribution in [-0.4, -0.2) is 22.3 Å². The summed E-state index contributed by atoms with van der Waals surface area (Å²) in [5.41, 5.74) is 1.28. The molecule has 5 nitrogen and oxygen atoms in total. The third-order valence-electron chi connectivity index (χ3n) is 4.09. The summed E-state index contributed by atoms with van der Waals surface area (Å²) in [7, 11) is 0. The number of likely N-dealkylation sites (tertiary alicyclic amines) is 1. The number of non-ortho nitro benzene ring substituents is 1. The van der Waals surface area contributed by atoms with Gasteiger partial charge in [0.25, 0.3) is 11.6 Å². The summed E-state index contributed by atoms with van der Waals surface area (Å²) >= 11 is 0. The van der Waals surface area contributed by atoms with E-state index in [-0.39, 0.29) is 23.5 Å². The lowest BCUT2D eigenvalue weighted by atomic mass is 10.0. The molecular formula is C17H15FN2O3. The van der Waals surface area contributed by atoms with Crippen LogP contribution in [0.2, 0.25) is 0 Å². The predicted octanol–water partition coefficient (Wildman–Crippen LogP) is 3.71. The fraction of sp³-hybridized carbons (Fsp3) is 0.235. The van der Waals surface area contributed by atoms with Gasteiger partial charge in [-0.3, -0.25) is 14.9 Å². The lowest BCUT2D eigenvalue weighted by Gasteiger charge is -2.25. The monoisotopic (exact) mass is 314 g/mol. The number of nitrogens with zero attached hydrogens (tertiary/aromatic N) is 2. The molecule has 1 amide bonds. The molecule has 0 unspecified atom stereocenters. The van der Waals surface area contributed by atoms with Crippen LogP contribution in [-0.2, 0) is 0 Å². The summed E-state index contributed by atoms with van der Waals surface area (Å²) < 4.78 is 13.1. The first-order valence-electron chi connectivity index (χ1n) is 7.37. The van der Waals surface area contributed by atoms with Gasteiger partial charge in [0, 0.05) is 24.2 Å². The van der Waals surface area contributed by atoms with Crippen molar-refractivity contribution in [1.29, 1.82) is 0 Å². The first kappa shape index (κ1) is 15.1. The van der Waals surface area contributed by atoms with Crippen LogP contribution in [0.5, 0.6) is 0 Å². The lowest BCUT2D eigenvalue weighted by Crippen LogP contribution is -2.30. The average molecular weight is 314 g/mol. The third kappa shape index (κ3) is 3.06. The minimum Gasteiger partial charge on any atom is -0.332 e. The molecule has 0 saturated carbocycles. The molecule has 1 aliphatic rings. The summed E-state index contributed by atoms with van der Waals surface area (Å²) in [4.78, 5) is 24.6. The van der Waals surface area contributed by atoms with E-state index in [4.69, 9.17) is 0 Å². The van der Waals surface area contributed by atoms with Gasteiger partial charge < -0.3 is 4.90 Å². The molecule has 2 aromatic carbocycles. The number of benzene rings is 2. The van der Waals surface area contributed by atoms with E-state index < -0.39 is 4.92 Å². The average Bonchev–Trinajstić information content (AvgIpc) is 3.04. The Morgan fingerprint density at radius 3 is 2.39 bits per heavy atom. The quantitative estimate of drug-likeness (QED) is 0.641. The van der Waals surface area contributed by atoms with E-state index in [1.807, 2.05) is 0 Å². The van der Waals surface area contributed by atoms with Gasteiger partial charge in [-0.15, -0.1) is 0 Å². The Bertz CT molecular complexity index is 729. The molecule has 1 saturated heterocycles. The van der Waals surface area contributed by atoms with Gasteiger partial charge in [0.2, 0.25) is 0 Å². The van der Waals surface area contributed by atoms with Crippen molar-refractivity contribution in [3.63, 3.8) is 0 Å². The van der Waals surface area contributed by atoms with Crippen LogP contribution >= 0.6 is 0 Å². The van der Waals surface area contributed by atoms with Crippen LogP contribution in [0, 0.1) is 15.9 Å². The Morgan fingerprint density at radius 1 is 1.13 bits per heavy atom. The molecule has 0 N–H and O–H groups in total. The standard InChI is InChI=1S/C17H15FN2O3/c18-14-7-3-12(4-8-14)16-2-1-11-19(16)17(21)13-5-9-15(10-6-13)20(22)23/h3-10,16H,1-2,11H2/t16-/m1/s1. The van der Waals surface area contributed by atoms with E-state index in [2.05, 4.69) is 0 Å². The van der Waals surface area contributed by atoms with Crippen LogP contribution in [0.25, 0.3) is 0 Å². The molecule has 1 aliphatic heterocycles. The van der Waals surface area contributed by atoms with Gasteiger partial charge in [0.05, 0.1) is 11.0 Å². The third-order valence-corrected chi connectivity index (χ3v) is 4.09. The summed E-state index contributed by atoms with van der Waals surface area (Å²) in [6.45, 7) is 0.623. The number of nitro groups is 1. The SMILES string of the molecule is O=C(c1ccc([N+](=O)[O-])cc1)N1CCC[C@@H]1c1ccc(F)cc1. The van der Waals surface area contributed by atoms with Crippen molar-refractivity contribution in [2.75, 3.05) is 6.54 Å². The van der Waals surface area contributed by atoms with Gasteiger partial charge in [-0.1, -0.05) is 12.1 Å². The normalized spacial score (nSPS) is 17.3. The second-order valence-electron chi connectivity index (χ2n) is 5.51. The maximum atomic E-state index is 13.1. The van der Waals surface area contributed by atoms with E-state index in [9.17, 15) is 19.3 Å². The molecule has 0 radical (unpaired) electrons. The summed E-state index contributed by atoms with van der Waals surface area (Å²) in [5.74, 6) is -0.466. The summed E-state index contributed by atoms with van der Waals surface area (Å²) in [6.07, 6.45) is 1.70. The van der Waals surface area contributed by atoms with Gasteiger partial charge >= 0.3 is 0 Å². The number of halogens is 1. The van der Waals surface area contributed by atoms with Crippen molar-refractivity contribution in [2.45, 2.75) is 18.9 Å². The largest absolute Gasteiger partial charge is 0.332 e. The highest BCUT2D eigenvalue weighted by atomic mass is 19.1. The van der Waals surface area contributed by atoms with Crippen molar-refractivity contribution in [3.8, 4) is 0 Å². The molecule has 0 aliphatic carbocycles. The highest BCUT2D eigenvalue weighted by Gasteiger charge is 2.30. The second-order valence-corrected chi connectivity index (χ2v) is 5.51. The van der Waals surface area contributed by atoms with Crippen LogP contribution < -0.4 is 0 Å². The maximum Gasteiger partial charge on any atom is 0.269 e. The minimum absolute atomic E-state index is 0.0435. The molecule has 23 heavy (non-hydrogen) atoms. The highest BCUT2D eigenvalue weighted by molar-refractivity contribution is 5.94. The molecule has 118 valence electrons. The molecule has 0 aromatic heterocycles. The van der Waals surface area contributed by atoms with Gasteiger partial charge in [-0.2, -0.15) is 0 Å². The van der Waals surface area contributed by atoms with Gasteiger partial charge in [-0.25, -0.2) is 4.39 Å². The summed E-state index contributed by atoms with van der Waals surface area (Å²) in [5, 5.41) is 10.7. The Hall–Kier alpha value is -2.76. The van der Waals surface area contributed by atoms with Crippen molar-refractivity contribution in [1.82, 2.24) is 4.90 Å². The maximum absolute atomic E-state index is 13.1. The van der Waals surface area contributed by atoms with Crippen LogP contribution in [0.3, 0.4) is 0 Å². The fourth-order valence-electron chi connectivity index (χ4n) is 2.93. The first-order valence-corrected chi connectivity index (χ1v) is 7.37. The van der Waals surface area contributed by atoms with E-state index in [0.717, 1.165) is 18.4 Å². The number of amides is 1. The van der Waals surface area contributed by atoms with Gasteiger partial charge in [0.15, 0.2) is 0 Å². The first-order chi connectivity index (χ1) is 11.1. The molecule has 6 heteroatoms. The van der Waals surface area contributed by atoms with Crippen LogP contribution in [0.4, 0.5) is 10.1 Å². The van der Waals surface area contributed by atoms with Crippen LogP contribution in [0.1, 0.15) is 34.8 Å². The number of hydrogen-bond acceptors (Lipinski definition) is 3. The molecule has 0 spiro atoms. The number of carbonyl (C=O) groups excluding carboxylic acids is 1. The Balaban J connectivity index is 1.82. The highest BCUT2D eigenvalue weighted by Crippen LogP contribution is 2.33. The predicted molar refractivity (Wildman–Crippen MR) is 82.5 cm³/mol. The summed E-state index contributed by atoms with van der Waals surface area (Å²) in [6, 6.07) is 11.7. The van der Waals surface area contributed by atoms with E-state index in [1.165, 1.54) is 36.4 Å². The van der Waals surface area contributed by atoms with Gasteiger partial charge in [-0.05, 0) is 42.7 Å². The molecule has 0 bridgehead atoms. The number of nitro benzene ring substituents is 1. The zero-order valence-corrected chi connectivity index (χ0v) is 12.3. The molecule has 1 fully saturated rings. The smallest absolute Gasteiger partial charge is 0.269 e. The molecule has 2 aromatic rings. The fourth-order valence-corrected chi connectivity index (χ4v) is 2.93. The topological polar surface area (TPSA) is 63.4 Å². The minimum atomic E-state index is -0.495.